The molecule has 0 aromatic carbocycles. The van der Waals surface area contributed by atoms with Crippen molar-refractivity contribution in [3.05, 3.63) is 0 Å². The highest BCUT2D eigenvalue weighted by Crippen LogP contribution is 1.97. The smallest absolute Gasteiger partial charge is 0.305 e. The quantitative estimate of drug-likeness (QED) is 0.577. The van der Waals surface area contributed by atoms with Crippen molar-refractivity contribution in [3.8, 4) is 0 Å². The second-order valence-electron chi connectivity index (χ2n) is 2.55. The highest BCUT2D eigenvalue weighted by Gasteiger charge is 2.09. The number of rotatable bonds is 4. The molecule has 0 heterocycles. The van der Waals surface area contributed by atoms with E-state index < -0.39 is 0 Å². The van der Waals surface area contributed by atoms with Gasteiger partial charge in [-0.2, -0.15) is 0 Å². The van der Waals surface area contributed by atoms with E-state index in [1.807, 2.05) is 0 Å². The standard InChI is InChI=1S/C8H14O3/c1-4-8(10)11-5-6(2)7(3)9/h6H,4-5H2,1-3H3. The lowest BCUT2D eigenvalue weighted by molar-refractivity contribution is -0.145. The highest BCUT2D eigenvalue weighted by molar-refractivity contribution is 5.78. The van der Waals surface area contributed by atoms with E-state index in [1.165, 1.54) is 6.92 Å². The van der Waals surface area contributed by atoms with Crippen molar-refractivity contribution in [1.82, 2.24) is 0 Å². The molecule has 0 aliphatic rings. The van der Waals surface area contributed by atoms with E-state index in [0.717, 1.165) is 0 Å². The summed E-state index contributed by atoms with van der Waals surface area (Å²) in [5.74, 6) is -0.377. The molecule has 11 heavy (non-hydrogen) atoms. The first kappa shape index (κ1) is 10.1. The number of carbonyl (C=O) groups is 2. The molecule has 0 radical (unpaired) electrons. The molecular weight excluding hydrogens is 144 g/mol. The molecule has 0 aliphatic heterocycles. The number of carbonyl (C=O) groups excluding carboxylic acids is 2. The number of ether oxygens (including phenoxy) is 1. The van der Waals surface area contributed by atoms with Crippen molar-refractivity contribution >= 4 is 11.8 Å². The number of hydrogen-bond donors (Lipinski definition) is 0. The Balaban J connectivity index is 3.54. The van der Waals surface area contributed by atoms with Crippen molar-refractivity contribution in [2.45, 2.75) is 27.2 Å². The number of hydrogen-bond acceptors (Lipinski definition) is 3. The molecule has 0 aliphatic carbocycles. The SMILES string of the molecule is CCC(=O)OCC(C)C(C)=O. The van der Waals surface area contributed by atoms with Crippen LogP contribution in [-0.4, -0.2) is 18.4 Å². The van der Waals surface area contributed by atoms with E-state index in [0.29, 0.717) is 6.42 Å². The van der Waals surface area contributed by atoms with Crippen molar-refractivity contribution in [3.63, 3.8) is 0 Å². The lowest BCUT2D eigenvalue weighted by Gasteiger charge is -2.07. The predicted octanol–water partition coefficient (Wildman–Crippen LogP) is 1.16. The normalized spacial score (nSPS) is 12.3. The fraction of sp³-hybridized carbons (Fsp3) is 0.750. The first-order valence-electron chi connectivity index (χ1n) is 3.74. The molecule has 0 amide bonds. The second kappa shape index (κ2) is 4.88. The first-order valence-corrected chi connectivity index (χ1v) is 3.74. The maximum Gasteiger partial charge on any atom is 0.305 e. The van der Waals surface area contributed by atoms with Gasteiger partial charge in [-0.05, 0) is 6.92 Å². The van der Waals surface area contributed by atoms with Crippen LogP contribution >= 0.6 is 0 Å². The maximum absolute atomic E-state index is 10.7. The molecule has 0 N–H and O–H groups in total. The summed E-state index contributed by atoms with van der Waals surface area (Å²) < 4.78 is 4.75. The fourth-order valence-corrected chi connectivity index (χ4v) is 0.437. The van der Waals surface area contributed by atoms with Gasteiger partial charge in [-0.3, -0.25) is 9.59 Å². The molecule has 3 nitrogen and oxygen atoms in total. The van der Waals surface area contributed by atoms with E-state index >= 15 is 0 Å². The van der Waals surface area contributed by atoms with Gasteiger partial charge in [0.1, 0.15) is 12.4 Å². The van der Waals surface area contributed by atoms with E-state index in [4.69, 9.17) is 4.74 Å². The highest BCUT2D eigenvalue weighted by atomic mass is 16.5. The Labute approximate surface area is 66.7 Å². The van der Waals surface area contributed by atoms with Crippen molar-refractivity contribution in [2.24, 2.45) is 5.92 Å². The van der Waals surface area contributed by atoms with Crippen LogP contribution in [0.25, 0.3) is 0 Å². The third-order valence-corrected chi connectivity index (χ3v) is 1.48. The maximum atomic E-state index is 10.7. The average Bonchev–Trinajstić information content (AvgIpc) is 1.99. The molecule has 0 rings (SSSR count). The minimum absolute atomic E-state index is 0.0499. The van der Waals surface area contributed by atoms with Crippen molar-refractivity contribution in [2.75, 3.05) is 6.61 Å². The summed E-state index contributed by atoms with van der Waals surface area (Å²) in [6.45, 7) is 5.17. The molecule has 0 bridgehead atoms. The molecule has 3 heteroatoms. The van der Waals surface area contributed by atoms with Gasteiger partial charge in [0.05, 0.1) is 0 Å². The van der Waals surface area contributed by atoms with Crippen LogP contribution in [0, 0.1) is 5.92 Å². The topological polar surface area (TPSA) is 43.4 Å². The van der Waals surface area contributed by atoms with Crippen LogP contribution in [-0.2, 0) is 14.3 Å². The van der Waals surface area contributed by atoms with Gasteiger partial charge in [-0.15, -0.1) is 0 Å². The molecule has 0 aromatic heterocycles. The van der Waals surface area contributed by atoms with Gasteiger partial charge in [0.2, 0.25) is 0 Å². The summed E-state index contributed by atoms with van der Waals surface area (Å²) in [4.78, 5) is 21.3. The van der Waals surface area contributed by atoms with Gasteiger partial charge < -0.3 is 4.74 Å². The van der Waals surface area contributed by atoms with Crippen LogP contribution in [0.5, 0.6) is 0 Å². The first-order chi connectivity index (χ1) is 5.07. The van der Waals surface area contributed by atoms with Crippen LogP contribution in [0.2, 0.25) is 0 Å². The Morgan fingerprint density at radius 1 is 1.45 bits per heavy atom. The fourth-order valence-electron chi connectivity index (χ4n) is 0.437. The van der Waals surface area contributed by atoms with Crippen LogP contribution in [0.1, 0.15) is 27.2 Å². The summed E-state index contributed by atoms with van der Waals surface area (Å²) in [5, 5.41) is 0. The zero-order valence-electron chi connectivity index (χ0n) is 7.22. The number of ketones is 1. The van der Waals surface area contributed by atoms with Gasteiger partial charge in [0.15, 0.2) is 0 Å². The summed E-state index contributed by atoms with van der Waals surface area (Å²) in [6, 6.07) is 0. The minimum Gasteiger partial charge on any atom is -0.465 e. The van der Waals surface area contributed by atoms with Gasteiger partial charge in [0.25, 0.3) is 0 Å². The second-order valence-corrected chi connectivity index (χ2v) is 2.55. The Kier molecular flexibility index (Phi) is 4.50. The predicted molar refractivity (Wildman–Crippen MR) is 41.1 cm³/mol. The molecule has 1 atom stereocenters. The average molecular weight is 158 g/mol. The number of esters is 1. The third kappa shape index (κ3) is 4.53. The van der Waals surface area contributed by atoms with Crippen LogP contribution < -0.4 is 0 Å². The number of Topliss-reactive ketones (excluding diaryl/α,β-unsaturated/α-hetero) is 1. The van der Waals surface area contributed by atoms with Crippen LogP contribution in [0.4, 0.5) is 0 Å². The van der Waals surface area contributed by atoms with E-state index in [2.05, 4.69) is 0 Å². The Hall–Kier alpha value is -0.860. The molecule has 0 saturated carbocycles. The molecule has 0 saturated heterocycles. The molecule has 64 valence electrons. The van der Waals surface area contributed by atoms with E-state index in [1.54, 1.807) is 13.8 Å². The van der Waals surface area contributed by atoms with Crippen molar-refractivity contribution < 1.29 is 14.3 Å². The van der Waals surface area contributed by atoms with Crippen molar-refractivity contribution in [1.29, 1.82) is 0 Å². The summed E-state index contributed by atoms with van der Waals surface area (Å²) >= 11 is 0. The monoisotopic (exact) mass is 158 g/mol. The molecule has 0 spiro atoms. The van der Waals surface area contributed by atoms with E-state index in [9.17, 15) is 9.59 Å². The van der Waals surface area contributed by atoms with Gasteiger partial charge in [-0.1, -0.05) is 13.8 Å². The Morgan fingerprint density at radius 2 is 2.00 bits per heavy atom. The lowest BCUT2D eigenvalue weighted by atomic mass is 10.1. The Morgan fingerprint density at radius 3 is 2.36 bits per heavy atom. The zero-order valence-corrected chi connectivity index (χ0v) is 7.22. The zero-order chi connectivity index (χ0) is 8.85. The molecule has 1 unspecified atom stereocenters. The molecule has 0 fully saturated rings. The summed E-state index contributed by atoms with van der Waals surface area (Å²) in [6.07, 6.45) is 0.366. The lowest BCUT2D eigenvalue weighted by Crippen LogP contribution is -2.16. The van der Waals surface area contributed by atoms with Crippen LogP contribution in [0.3, 0.4) is 0 Å². The third-order valence-electron chi connectivity index (χ3n) is 1.48. The van der Waals surface area contributed by atoms with Crippen LogP contribution in [0.15, 0.2) is 0 Å². The van der Waals surface area contributed by atoms with Gasteiger partial charge in [0, 0.05) is 12.3 Å². The summed E-state index contributed by atoms with van der Waals surface area (Å²) in [5.41, 5.74) is 0. The molecular formula is C8H14O3. The van der Waals surface area contributed by atoms with Gasteiger partial charge in [-0.25, -0.2) is 0 Å². The molecule has 0 aromatic rings. The van der Waals surface area contributed by atoms with Gasteiger partial charge >= 0.3 is 5.97 Å². The summed E-state index contributed by atoms with van der Waals surface area (Å²) in [7, 11) is 0. The Bertz CT molecular complexity index is 151. The largest absolute Gasteiger partial charge is 0.465 e. The minimum atomic E-state index is -0.252. The van der Waals surface area contributed by atoms with E-state index in [-0.39, 0.29) is 24.3 Å².